The molecule has 10 heteroatoms. The predicted molar refractivity (Wildman–Crippen MR) is 124 cm³/mol. The number of carboxylic acid groups (broad SMARTS) is 1. The number of allylic oxidation sites excluding steroid dienone is 1. The van der Waals surface area contributed by atoms with E-state index in [0.29, 0.717) is 16.8 Å². The third-order valence-corrected chi connectivity index (χ3v) is 5.95. The van der Waals surface area contributed by atoms with E-state index in [1.165, 1.54) is 24.1 Å². The Morgan fingerprint density at radius 3 is 2.40 bits per heavy atom. The van der Waals surface area contributed by atoms with E-state index in [9.17, 15) is 28.7 Å². The first kappa shape index (κ1) is 28.2. The van der Waals surface area contributed by atoms with Crippen molar-refractivity contribution in [2.75, 3.05) is 7.05 Å². The Morgan fingerprint density at radius 2 is 1.77 bits per heavy atom. The van der Waals surface area contributed by atoms with Crippen LogP contribution in [0.25, 0.3) is 11.1 Å². The second kappa shape index (κ2) is 11.6. The van der Waals surface area contributed by atoms with E-state index in [-0.39, 0.29) is 36.5 Å². The number of hydrogen-bond acceptors (Lipinski definition) is 4. The van der Waals surface area contributed by atoms with Crippen LogP contribution in [0.5, 0.6) is 0 Å². The molecule has 1 heterocycles. The Hall–Kier alpha value is -3.01. The smallest absolute Gasteiger partial charge is 1.00 e. The normalized spacial score (nSPS) is 16.2. The van der Waals surface area contributed by atoms with E-state index in [1.807, 2.05) is 31.2 Å². The van der Waals surface area contributed by atoms with Crippen molar-refractivity contribution in [1.29, 1.82) is 0 Å². The molecule has 1 aliphatic rings. The summed E-state index contributed by atoms with van der Waals surface area (Å²) in [6, 6.07) is 6.68. The van der Waals surface area contributed by atoms with Crippen LogP contribution in [0, 0.1) is 19.7 Å². The fraction of sp³-hybridized carbons (Fsp3) is 0.280. The molecular weight excluding hydrogens is 464 g/mol. The molecule has 0 saturated carbocycles. The molecule has 0 saturated heterocycles. The van der Waals surface area contributed by atoms with Crippen molar-refractivity contribution in [3.05, 3.63) is 70.7 Å². The van der Waals surface area contributed by atoms with Crippen LogP contribution in [0.1, 0.15) is 37.5 Å². The maximum absolute atomic E-state index is 15.0. The first-order valence-corrected chi connectivity index (χ1v) is 10.6. The molecule has 2 aromatic rings. The molecule has 0 aromatic heterocycles. The molecular formula is C25H27FN3NaO5. The van der Waals surface area contributed by atoms with Gasteiger partial charge in [0.1, 0.15) is 5.82 Å². The van der Waals surface area contributed by atoms with Gasteiger partial charge in [0.25, 0.3) is 5.91 Å². The summed E-state index contributed by atoms with van der Waals surface area (Å²) in [6.07, 6.45) is 0.629. The van der Waals surface area contributed by atoms with Crippen molar-refractivity contribution in [2.24, 2.45) is 0 Å². The Balaban J connectivity index is 0.00000324. The monoisotopic (exact) mass is 491 g/mol. The number of urea groups is 1. The number of benzene rings is 2. The number of nitrogens with one attached hydrogen (secondary N) is 2. The zero-order valence-electron chi connectivity index (χ0n) is 21.3. The summed E-state index contributed by atoms with van der Waals surface area (Å²) >= 11 is 0. The number of rotatable bonds is 6. The third-order valence-electron chi connectivity index (χ3n) is 5.95. The number of nitrogens with zero attached hydrogens (tertiary/aromatic N) is 1. The predicted octanol–water partition coefficient (Wildman–Crippen LogP) is 0.355. The van der Waals surface area contributed by atoms with Gasteiger partial charge in [0, 0.05) is 24.4 Å². The molecule has 0 spiro atoms. The number of aryl methyl sites for hydroxylation is 1. The second-order valence-corrected chi connectivity index (χ2v) is 8.24. The van der Waals surface area contributed by atoms with Crippen LogP contribution in [0.2, 0.25) is 0 Å². The summed E-state index contributed by atoms with van der Waals surface area (Å²) in [4.78, 5) is 50.2. The van der Waals surface area contributed by atoms with E-state index in [2.05, 4.69) is 10.6 Å². The number of carbonyl (C=O) groups is 4. The average Bonchev–Trinajstić information content (AvgIpc) is 2.75. The fourth-order valence-corrected chi connectivity index (χ4v) is 4.03. The molecule has 0 radical (unpaired) electrons. The van der Waals surface area contributed by atoms with Crippen LogP contribution in [0.3, 0.4) is 0 Å². The first-order chi connectivity index (χ1) is 16.0. The molecule has 0 bridgehead atoms. The number of hydrogen-bond donors (Lipinski definition) is 3. The molecule has 35 heavy (non-hydrogen) atoms. The Morgan fingerprint density at radius 1 is 1.11 bits per heavy atom. The van der Waals surface area contributed by atoms with Crippen molar-refractivity contribution >= 4 is 23.7 Å². The summed E-state index contributed by atoms with van der Waals surface area (Å²) < 4.78 is 15.0. The molecule has 2 aromatic carbocycles. The zero-order chi connectivity index (χ0) is 25.2. The van der Waals surface area contributed by atoms with Crippen molar-refractivity contribution in [2.45, 2.75) is 39.3 Å². The first-order valence-electron chi connectivity index (χ1n) is 10.6. The van der Waals surface area contributed by atoms with Crippen LogP contribution in [0.15, 0.2) is 48.2 Å². The van der Waals surface area contributed by atoms with Crippen molar-refractivity contribution in [1.82, 2.24) is 15.5 Å². The van der Waals surface area contributed by atoms with Gasteiger partial charge in [-0.2, -0.15) is 0 Å². The summed E-state index contributed by atoms with van der Waals surface area (Å²) in [5.74, 6) is -3.16. The molecule has 2 unspecified atom stereocenters. The second-order valence-electron chi connectivity index (χ2n) is 8.24. The Kier molecular flexibility index (Phi) is 9.37. The van der Waals surface area contributed by atoms with Crippen molar-refractivity contribution in [3.8, 4) is 11.1 Å². The minimum Gasteiger partial charge on any atom is -1.00 e. The topological polar surface area (TPSA) is 116 Å². The van der Waals surface area contributed by atoms with Gasteiger partial charge in [-0.15, -0.1) is 0 Å². The fourth-order valence-electron chi connectivity index (χ4n) is 4.03. The largest absolute Gasteiger partial charge is 1.00 e. The number of halogens is 1. The molecule has 3 amide bonds. The van der Waals surface area contributed by atoms with Gasteiger partial charge in [-0.3, -0.25) is 14.4 Å². The van der Waals surface area contributed by atoms with E-state index >= 15 is 0 Å². The number of carboxylic acids is 1. The van der Waals surface area contributed by atoms with Gasteiger partial charge in [0.15, 0.2) is 11.8 Å². The summed E-state index contributed by atoms with van der Waals surface area (Å²) in [6.45, 7) is 5.15. The third kappa shape index (κ3) is 6.17. The van der Waals surface area contributed by atoms with Crippen LogP contribution in [0.4, 0.5) is 9.18 Å². The Labute approximate surface area is 226 Å². The molecule has 8 nitrogen and oxygen atoms in total. The molecule has 180 valence electrons. The van der Waals surface area contributed by atoms with Crippen LogP contribution in [-0.4, -0.2) is 46.8 Å². The average molecular weight is 491 g/mol. The van der Waals surface area contributed by atoms with E-state index < -0.39 is 48.0 Å². The van der Waals surface area contributed by atoms with Gasteiger partial charge < -0.3 is 22.1 Å². The quantitative estimate of drug-likeness (QED) is 0.399. The van der Waals surface area contributed by atoms with Crippen molar-refractivity contribution in [3.63, 3.8) is 0 Å². The molecule has 3 rings (SSSR count). The van der Waals surface area contributed by atoms with Gasteiger partial charge in [0.2, 0.25) is 0 Å². The standard InChI is InChI=1S/C25H26FN3O5.Na.H/c1-13-7-5-6-8-16(13)17-9-10-18(26)22(15(17)3)19(12-21(31)32)27-25(34)28-23-20(30)11-14(2)29(4)24(23)33;;/h5-11,19,23H,12H2,1-4H3,(H,31,32)(H2,27,28,34);;/q;+1;-1. The minimum absolute atomic E-state index is 0. The Bertz CT molecular complexity index is 1220. The SMILES string of the molecule is CC1=CC(=O)C(NC(=O)NC(CC(=O)O)c2c(F)ccc(-c3ccccc3C)c2C)C(=O)N1C.[H-].[Na+]. The van der Waals surface area contributed by atoms with Gasteiger partial charge in [-0.25, -0.2) is 9.18 Å². The summed E-state index contributed by atoms with van der Waals surface area (Å²) in [7, 11) is 1.47. The number of aliphatic carboxylic acids is 1. The van der Waals surface area contributed by atoms with Gasteiger partial charge in [-0.05, 0) is 49.1 Å². The molecule has 3 N–H and O–H groups in total. The molecule has 0 aliphatic carbocycles. The van der Waals surface area contributed by atoms with Crippen LogP contribution in [-0.2, 0) is 14.4 Å². The number of ketones is 1. The molecule has 0 fully saturated rings. The van der Waals surface area contributed by atoms with E-state index in [1.54, 1.807) is 19.9 Å². The maximum atomic E-state index is 15.0. The number of likely N-dealkylation sites (N-methyl/N-ethyl adjacent to an activating group) is 1. The molecule has 1 aliphatic heterocycles. The van der Waals surface area contributed by atoms with E-state index in [0.717, 1.165) is 11.1 Å². The van der Waals surface area contributed by atoms with Gasteiger partial charge in [0.05, 0.1) is 12.5 Å². The summed E-state index contributed by atoms with van der Waals surface area (Å²) in [5.41, 5.74) is 3.43. The molecule has 2 atom stereocenters. The maximum Gasteiger partial charge on any atom is 1.00 e. The van der Waals surface area contributed by atoms with Gasteiger partial charge >= 0.3 is 41.6 Å². The van der Waals surface area contributed by atoms with E-state index in [4.69, 9.17) is 0 Å². The van der Waals surface area contributed by atoms with Crippen molar-refractivity contribution < 1.29 is 59.7 Å². The van der Waals surface area contributed by atoms with Gasteiger partial charge in [-0.1, -0.05) is 30.3 Å². The minimum atomic E-state index is -1.46. The number of amides is 3. The zero-order valence-corrected chi connectivity index (χ0v) is 22.3. The number of carbonyl (C=O) groups excluding carboxylic acids is 3. The summed E-state index contributed by atoms with van der Waals surface area (Å²) in [5, 5.41) is 14.1. The van der Waals surface area contributed by atoms with Crippen LogP contribution >= 0.6 is 0 Å². The van der Waals surface area contributed by atoms with Crippen LogP contribution < -0.4 is 40.2 Å².